The molecule has 1 aliphatic rings. The van der Waals surface area contributed by atoms with Gasteiger partial charge in [0, 0.05) is 18.2 Å². The molecule has 1 atom stereocenters. The maximum Gasteiger partial charge on any atom is 0.491 e. The number of alkyl halides is 3. The van der Waals surface area contributed by atoms with Crippen LogP contribution in [0.2, 0.25) is 0 Å². The van der Waals surface area contributed by atoms with Crippen LogP contribution in [0, 0.1) is 6.92 Å². The Bertz CT molecular complexity index is 1280. The van der Waals surface area contributed by atoms with Gasteiger partial charge >= 0.3 is 12.1 Å². The third-order valence-electron chi connectivity index (χ3n) is 5.26. The first-order valence-electron chi connectivity index (χ1n) is 9.73. The summed E-state index contributed by atoms with van der Waals surface area (Å²) in [5.41, 5.74) is 4.92. The van der Waals surface area contributed by atoms with Crippen LogP contribution >= 0.6 is 0 Å². The first kappa shape index (κ1) is 22.1. The van der Waals surface area contributed by atoms with Gasteiger partial charge in [-0.15, -0.1) is 0 Å². The number of ether oxygens (including phenoxy) is 1. The summed E-state index contributed by atoms with van der Waals surface area (Å²) in [6, 6.07) is 15.6. The Morgan fingerprint density at radius 1 is 1.12 bits per heavy atom. The smallest absolute Gasteiger partial charge is 0.461 e. The molecule has 2 heterocycles. The highest BCUT2D eigenvalue weighted by Gasteiger charge is 2.52. The number of para-hydroxylation sites is 1. The summed E-state index contributed by atoms with van der Waals surface area (Å²) in [6.45, 7) is 1.78. The predicted molar refractivity (Wildman–Crippen MR) is 112 cm³/mol. The lowest BCUT2D eigenvalue weighted by Gasteiger charge is -2.28. The average molecular weight is 457 g/mol. The molecule has 0 spiro atoms. The molecule has 33 heavy (non-hydrogen) atoms. The number of likely N-dealkylation sites (N-methyl/N-ethyl adjacent to an activating group) is 1. The Hall–Kier alpha value is -4.08. The lowest BCUT2D eigenvalue weighted by molar-refractivity contribution is -0.189. The SMILES string of the molecule is Cc1ccc(-c2cccc(C3(c4ccccc4OC(=O)C(F)(F)F)N=C(N)N(C)C3=O)c2)o1. The number of nitrogens with zero attached hydrogens (tertiary/aromatic N) is 2. The van der Waals surface area contributed by atoms with Gasteiger partial charge in [0.25, 0.3) is 5.91 Å². The highest BCUT2D eigenvalue weighted by atomic mass is 19.4. The van der Waals surface area contributed by atoms with Gasteiger partial charge in [0.2, 0.25) is 0 Å². The van der Waals surface area contributed by atoms with Crippen LogP contribution in [0.15, 0.2) is 70.1 Å². The fourth-order valence-electron chi connectivity index (χ4n) is 3.66. The van der Waals surface area contributed by atoms with Crippen LogP contribution in [0.1, 0.15) is 16.9 Å². The minimum atomic E-state index is -5.23. The van der Waals surface area contributed by atoms with E-state index in [2.05, 4.69) is 9.73 Å². The number of hydrogen-bond donors (Lipinski definition) is 1. The van der Waals surface area contributed by atoms with Crippen molar-refractivity contribution in [2.24, 2.45) is 10.7 Å². The predicted octanol–water partition coefficient (Wildman–Crippen LogP) is 3.75. The zero-order valence-electron chi connectivity index (χ0n) is 17.5. The molecule has 2 N–H and O–H groups in total. The summed E-state index contributed by atoms with van der Waals surface area (Å²) in [5.74, 6) is -2.44. The molecule has 1 aromatic heterocycles. The fourth-order valence-corrected chi connectivity index (χ4v) is 3.66. The number of carbonyl (C=O) groups excluding carboxylic acids is 2. The third kappa shape index (κ3) is 3.73. The van der Waals surface area contributed by atoms with Gasteiger partial charge in [0.15, 0.2) is 11.5 Å². The van der Waals surface area contributed by atoms with E-state index < -0.39 is 29.3 Å². The molecule has 1 aliphatic heterocycles. The highest BCUT2D eigenvalue weighted by molar-refractivity contribution is 6.09. The summed E-state index contributed by atoms with van der Waals surface area (Å²) in [6.07, 6.45) is -5.23. The second kappa shape index (κ2) is 7.80. The lowest BCUT2D eigenvalue weighted by atomic mass is 9.81. The van der Waals surface area contributed by atoms with E-state index in [1.807, 2.05) is 0 Å². The molecule has 0 saturated carbocycles. The van der Waals surface area contributed by atoms with Gasteiger partial charge in [-0.2, -0.15) is 13.2 Å². The van der Waals surface area contributed by atoms with E-state index in [-0.39, 0.29) is 11.5 Å². The van der Waals surface area contributed by atoms with E-state index >= 15 is 0 Å². The van der Waals surface area contributed by atoms with E-state index in [0.29, 0.717) is 22.6 Å². The number of carbonyl (C=O) groups is 2. The zero-order valence-corrected chi connectivity index (χ0v) is 17.5. The van der Waals surface area contributed by atoms with Gasteiger partial charge in [-0.25, -0.2) is 9.79 Å². The van der Waals surface area contributed by atoms with E-state index in [9.17, 15) is 22.8 Å². The fraction of sp³-hybridized carbons (Fsp3) is 0.174. The monoisotopic (exact) mass is 457 g/mol. The minimum Gasteiger partial charge on any atom is -0.461 e. The van der Waals surface area contributed by atoms with Gasteiger partial charge in [0.05, 0.1) is 0 Å². The Kier molecular flexibility index (Phi) is 5.23. The van der Waals surface area contributed by atoms with Crippen LogP contribution in [-0.2, 0) is 15.1 Å². The summed E-state index contributed by atoms with van der Waals surface area (Å²) in [7, 11) is 1.40. The van der Waals surface area contributed by atoms with Crippen LogP contribution in [0.4, 0.5) is 13.2 Å². The molecule has 2 aromatic carbocycles. The Balaban J connectivity index is 1.93. The lowest BCUT2D eigenvalue weighted by Crippen LogP contribution is -2.41. The molecule has 3 aromatic rings. The van der Waals surface area contributed by atoms with Gasteiger partial charge in [-0.05, 0) is 36.8 Å². The molecule has 10 heteroatoms. The number of hydrogen-bond acceptors (Lipinski definition) is 6. The Morgan fingerprint density at radius 3 is 2.45 bits per heavy atom. The molecule has 0 radical (unpaired) electrons. The molecular weight excluding hydrogens is 439 g/mol. The molecule has 4 rings (SSSR count). The number of halogens is 3. The van der Waals surface area contributed by atoms with Crippen molar-refractivity contribution in [1.82, 2.24) is 4.90 Å². The largest absolute Gasteiger partial charge is 0.491 e. The van der Waals surface area contributed by atoms with Crippen molar-refractivity contribution < 1.29 is 31.9 Å². The molecule has 170 valence electrons. The molecule has 1 amide bonds. The molecule has 0 bridgehead atoms. The van der Waals surface area contributed by atoms with Gasteiger partial charge in [0.1, 0.15) is 17.3 Å². The number of aryl methyl sites for hydroxylation is 1. The average Bonchev–Trinajstić information content (AvgIpc) is 3.31. The van der Waals surface area contributed by atoms with Crippen LogP contribution in [0.5, 0.6) is 5.75 Å². The van der Waals surface area contributed by atoms with Gasteiger partial charge < -0.3 is 14.9 Å². The molecule has 0 saturated heterocycles. The number of nitrogens with two attached hydrogens (primary N) is 1. The number of furan rings is 1. The molecule has 0 aliphatic carbocycles. The number of guanidine groups is 1. The van der Waals surface area contributed by atoms with Crippen molar-refractivity contribution >= 4 is 17.8 Å². The number of rotatable bonds is 4. The number of aliphatic imine (C=N–C) groups is 1. The topological polar surface area (TPSA) is 98.1 Å². The maximum atomic E-state index is 13.5. The quantitative estimate of drug-likeness (QED) is 0.475. The van der Waals surface area contributed by atoms with Crippen molar-refractivity contribution in [1.29, 1.82) is 0 Å². The highest BCUT2D eigenvalue weighted by Crippen LogP contribution is 2.44. The first-order chi connectivity index (χ1) is 15.5. The van der Waals surface area contributed by atoms with Gasteiger partial charge in [-0.1, -0.05) is 36.4 Å². The van der Waals surface area contributed by atoms with Crippen molar-refractivity contribution in [2.45, 2.75) is 18.6 Å². The summed E-state index contributed by atoms with van der Waals surface area (Å²) < 4.78 is 49.0. The van der Waals surface area contributed by atoms with Crippen molar-refractivity contribution in [3.05, 3.63) is 77.6 Å². The van der Waals surface area contributed by atoms with Crippen molar-refractivity contribution in [2.75, 3.05) is 7.05 Å². The van der Waals surface area contributed by atoms with Crippen LogP contribution in [0.25, 0.3) is 11.3 Å². The summed E-state index contributed by atoms with van der Waals surface area (Å²) in [5, 5.41) is 0. The zero-order chi connectivity index (χ0) is 24.0. The summed E-state index contributed by atoms with van der Waals surface area (Å²) >= 11 is 0. The van der Waals surface area contributed by atoms with Crippen LogP contribution < -0.4 is 10.5 Å². The third-order valence-corrected chi connectivity index (χ3v) is 5.26. The van der Waals surface area contributed by atoms with Crippen molar-refractivity contribution in [3.63, 3.8) is 0 Å². The second-order valence-electron chi connectivity index (χ2n) is 7.42. The number of amides is 1. The molecule has 0 fully saturated rings. The molecule has 1 unspecified atom stereocenters. The van der Waals surface area contributed by atoms with Gasteiger partial charge in [-0.3, -0.25) is 9.69 Å². The summed E-state index contributed by atoms with van der Waals surface area (Å²) in [4.78, 5) is 30.5. The van der Waals surface area contributed by atoms with E-state index in [1.54, 1.807) is 43.3 Å². The van der Waals surface area contributed by atoms with Crippen molar-refractivity contribution in [3.8, 4) is 17.1 Å². The normalized spacial score (nSPS) is 18.4. The first-order valence-corrected chi connectivity index (χ1v) is 9.73. The van der Waals surface area contributed by atoms with Crippen LogP contribution in [0.3, 0.4) is 0 Å². The number of esters is 1. The van der Waals surface area contributed by atoms with Crippen LogP contribution in [-0.4, -0.2) is 36.0 Å². The standard InChI is InChI=1S/C23H18F3N3O4/c1-13-10-11-17(32-13)14-6-5-7-15(12-14)22(19(30)29(2)21(27)28-22)16-8-3-4-9-18(16)33-20(31)23(24,25)26/h3-12H,1-2H3,(H2,27,28). The Labute approximate surface area is 186 Å². The Morgan fingerprint density at radius 2 is 1.85 bits per heavy atom. The van der Waals surface area contributed by atoms with E-state index in [1.165, 1.54) is 25.2 Å². The molecular formula is C23H18F3N3O4. The number of benzene rings is 2. The van der Waals surface area contributed by atoms with E-state index in [0.717, 1.165) is 11.0 Å². The second-order valence-corrected chi connectivity index (χ2v) is 7.42. The maximum absolute atomic E-state index is 13.5. The van der Waals surface area contributed by atoms with E-state index in [4.69, 9.17) is 10.2 Å². The minimum absolute atomic E-state index is 0.0623. The molecule has 7 nitrogen and oxygen atoms in total.